The van der Waals surface area contributed by atoms with Crippen LogP contribution in [0.3, 0.4) is 0 Å². The van der Waals surface area contributed by atoms with Crippen molar-refractivity contribution < 1.29 is 9.84 Å². The van der Waals surface area contributed by atoms with Crippen molar-refractivity contribution in [3.8, 4) is 5.75 Å². The van der Waals surface area contributed by atoms with Crippen LogP contribution in [0.4, 0.5) is 0 Å². The Bertz CT molecular complexity index is 323. The summed E-state index contributed by atoms with van der Waals surface area (Å²) in [5.41, 5.74) is 0.874. The highest BCUT2D eigenvalue weighted by Gasteiger charge is 2.13. The molecule has 1 aromatic carbocycles. The van der Waals surface area contributed by atoms with Crippen molar-refractivity contribution >= 4 is 11.6 Å². The number of benzene rings is 1. The molecule has 0 spiro atoms. The second-order valence-electron chi connectivity index (χ2n) is 3.75. The molecule has 0 atom stereocenters. The monoisotopic (exact) mass is 227 g/mol. The topological polar surface area (TPSA) is 29.5 Å². The Morgan fingerprint density at radius 3 is 2.67 bits per heavy atom. The zero-order valence-corrected chi connectivity index (χ0v) is 10.0. The van der Waals surface area contributed by atoms with Gasteiger partial charge in [-0.2, -0.15) is 0 Å². The van der Waals surface area contributed by atoms with Crippen molar-refractivity contribution in [3.05, 3.63) is 34.7 Å². The van der Waals surface area contributed by atoms with E-state index in [0.29, 0.717) is 5.02 Å². The minimum Gasteiger partial charge on any atom is -0.491 e. The second-order valence-corrected chi connectivity index (χ2v) is 4.18. The zero-order chi connectivity index (χ0) is 11.4. The number of aliphatic hydroxyl groups is 1. The molecule has 0 saturated heterocycles. The van der Waals surface area contributed by atoms with E-state index in [-0.39, 0.29) is 12.7 Å². The molecule has 3 heteroatoms. The van der Waals surface area contributed by atoms with Gasteiger partial charge in [-0.3, -0.25) is 0 Å². The normalized spacial score (nSPS) is 11.1. The molecule has 0 aliphatic carbocycles. The lowest BCUT2D eigenvalue weighted by atomic mass is 10.0. The molecule has 0 heterocycles. The third-order valence-corrected chi connectivity index (χ3v) is 2.24. The van der Waals surface area contributed by atoms with Gasteiger partial charge in [0.25, 0.3) is 0 Å². The maximum atomic E-state index is 9.10. The summed E-state index contributed by atoms with van der Waals surface area (Å²) < 4.78 is 5.63. The van der Waals surface area contributed by atoms with Crippen LogP contribution in [0, 0.1) is 5.92 Å². The molecular formula is C12H16ClO2. The molecule has 2 nitrogen and oxygen atoms in total. The number of hydrogen-bond acceptors (Lipinski definition) is 2. The van der Waals surface area contributed by atoms with E-state index in [1.165, 1.54) is 0 Å². The van der Waals surface area contributed by atoms with Crippen molar-refractivity contribution in [1.29, 1.82) is 0 Å². The molecule has 0 aliphatic rings. The standard InChI is InChI=1S/C12H16ClO2/c1-8(2)15-12-5-4-10(13)6-11(12)9(3)7-14/h4-6,8,14H,7H2,1-3H3. The van der Waals surface area contributed by atoms with Gasteiger partial charge in [0.15, 0.2) is 0 Å². The van der Waals surface area contributed by atoms with Gasteiger partial charge in [-0.05, 0) is 32.0 Å². The Hall–Kier alpha value is -0.730. The highest BCUT2D eigenvalue weighted by molar-refractivity contribution is 6.30. The lowest BCUT2D eigenvalue weighted by Crippen LogP contribution is -2.10. The van der Waals surface area contributed by atoms with Gasteiger partial charge in [-0.1, -0.05) is 18.5 Å². The maximum absolute atomic E-state index is 9.10. The largest absolute Gasteiger partial charge is 0.491 e. The van der Waals surface area contributed by atoms with E-state index in [4.69, 9.17) is 21.4 Å². The van der Waals surface area contributed by atoms with Gasteiger partial charge < -0.3 is 9.84 Å². The smallest absolute Gasteiger partial charge is 0.123 e. The summed E-state index contributed by atoms with van der Waals surface area (Å²) in [6.45, 7) is 5.80. The van der Waals surface area contributed by atoms with E-state index in [0.717, 1.165) is 17.2 Å². The molecule has 1 radical (unpaired) electrons. The lowest BCUT2D eigenvalue weighted by Gasteiger charge is -2.17. The number of ether oxygens (including phenoxy) is 1. The first kappa shape index (κ1) is 12.3. The Balaban J connectivity index is 3.02. The molecule has 1 N–H and O–H groups in total. The van der Waals surface area contributed by atoms with Crippen LogP contribution >= 0.6 is 11.6 Å². The fourth-order valence-electron chi connectivity index (χ4n) is 1.28. The van der Waals surface area contributed by atoms with Crippen LogP contribution in [0.2, 0.25) is 5.02 Å². The van der Waals surface area contributed by atoms with Gasteiger partial charge in [0.2, 0.25) is 0 Å². The highest BCUT2D eigenvalue weighted by atomic mass is 35.5. The predicted octanol–water partition coefficient (Wildman–Crippen LogP) is 3.06. The quantitative estimate of drug-likeness (QED) is 0.857. The first-order valence-corrected chi connectivity index (χ1v) is 5.32. The number of rotatable bonds is 4. The van der Waals surface area contributed by atoms with Crippen molar-refractivity contribution in [3.63, 3.8) is 0 Å². The number of hydrogen-bond donors (Lipinski definition) is 1. The van der Waals surface area contributed by atoms with Crippen LogP contribution in [0.15, 0.2) is 18.2 Å². The fourth-order valence-corrected chi connectivity index (χ4v) is 1.45. The van der Waals surface area contributed by atoms with Crippen LogP contribution in [0.1, 0.15) is 26.3 Å². The van der Waals surface area contributed by atoms with Gasteiger partial charge in [0.05, 0.1) is 12.7 Å². The van der Waals surface area contributed by atoms with Gasteiger partial charge >= 0.3 is 0 Å². The van der Waals surface area contributed by atoms with Crippen molar-refractivity contribution in [2.75, 3.05) is 6.61 Å². The molecule has 15 heavy (non-hydrogen) atoms. The average Bonchev–Trinajstić information content (AvgIpc) is 2.19. The molecule has 0 amide bonds. The summed E-state index contributed by atoms with van der Waals surface area (Å²) in [5, 5.41) is 9.75. The molecule has 83 valence electrons. The molecular weight excluding hydrogens is 212 g/mol. The van der Waals surface area contributed by atoms with Crippen LogP contribution in [0.25, 0.3) is 0 Å². The molecule has 0 unspecified atom stereocenters. The van der Waals surface area contributed by atoms with Crippen molar-refractivity contribution in [2.24, 2.45) is 0 Å². The molecule has 0 aliphatic heterocycles. The molecule has 0 saturated carbocycles. The lowest BCUT2D eigenvalue weighted by molar-refractivity contribution is 0.238. The van der Waals surface area contributed by atoms with E-state index in [1.54, 1.807) is 6.07 Å². The third-order valence-electron chi connectivity index (χ3n) is 2.00. The van der Waals surface area contributed by atoms with Crippen molar-refractivity contribution in [2.45, 2.75) is 26.9 Å². The summed E-state index contributed by atoms with van der Waals surface area (Å²) >= 11 is 5.90. The maximum Gasteiger partial charge on any atom is 0.123 e. The predicted molar refractivity (Wildman–Crippen MR) is 62.3 cm³/mol. The average molecular weight is 228 g/mol. The Kier molecular flexibility index (Phi) is 4.43. The first-order chi connectivity index (χ1) is 7.04. The van der Waals surface area contributed by atoms with Gasteiger partial charge in [0, 0.05) is 16.5 Å². The summed E-state index contributed by atoms with van der Waals surface area (Å²) in [4.78, 5) is 0. The Labute approximate surface area is 95.8 Å². The van der Waals surface area contributed by atoms with Crippen molar-refractivity contribution in [1.82, 2.24) is 0 Å². The summed E-state index contributed by atoms with van der Waals surface area (Å²) in [7, 11) is 0. The van der Waals surface area contributed by atoms with Crippen LogP contribution < -0.4 is 4.74 Å². The Morgan fingerprint density at radius 2 is 2.13 bits per heavy atom. The first-order valence-electron chi connectivity index (χ1n) is 4.94. The number of aliphatic hydroxyl groups excluding tert-OH is 1. The van der Waals surface area contributed by atoms with Crippen LogP contribution in [0.5, 0.6) is 5.75 Å². The van der Waals surface area contributed by atoms with Crippen LogP contribution in [-0.2, 0) is 0 Å². The highest BCUT2D eigenvalue weighted by Crippen LogP contribution is 2.29. The summed E-state index contributed by atoms with van der Waals surface area (Å²) in [6.07, 6.45) is 0.108. The van der Waals surface area contributed by atoms with Crippen LogP contribution in [-0.4, -0.2) is 17.8 Å². The summed E-state index contributed by atoms with van der Waals surface area (Å²) in [6, 6.07) is 5.43. The zero-order valence-electron chi connectivity index (χ0n) is 9.25. The molecule has 1 rings (SSSR count). The summed E-state index contributed by atoms with van der Waals surface area (Å²) in [5.74, 6) is 1.62. The Morgan fingerprint density at radius 1 is 1.47 bits per heavy atom. The van der Waals surface area contributed by atoms with Gasteiger partial charge in [0.1, 0.15) is 5.75 Å². The SMILES string of the molecule is C[C](CO)c1cc(Cl)ccc1OC(C)C. The van der Waals surface area contributed by atoms with E-state index < -0.39 is 0 Å². The minimum atomic E-state index is 0.00873. The van der Waals surface area contributed by atoms with E-state index >= 15 is 0 Å². The molecule has 0 fully saturated rings. The second kappa shape index (κ2) is 5.38. The van der Waals surface area contributed by atoms with Gasteiger partial charge in [-0.15, -0.1) is 0 Å². The third kappa shape index (κ3) is 3.40. The number of halogens is 1. The molecule has 0 bridgehead atoms. The van der Waals surface area contributed by atoms with Gasteiger partial charge in [-0.25, -0.2) is 0 Å². The fraction of sp³-hybridized carbons (Fsp3) is 0.417. The van der Waals surface area contributed by atoms with E-state index in [1.807, 2.05) is 32.9 Å². The van der Waals surface area contributed by atoms with E-state index in [9.17, 15) is 0 Å². The minimum absolute atomic E-state index is 0.00873. The van der Waals surface area contributed by atoms with E-state index in [2.05, 4.69) is 0 Å². The molecule has 1 aromatic rings. The molecule has 0 aromatic heterocycles.